The summed E-state index contributed by atoms with van der Waals surface area (Å²) in [6, 6.07) is 8.73. The first kappa shape index (κ1) is 14.9. The lowest BCUT2D eigenvalue weighted by atomic mass is 9.96. The highest BCUT2D eigenvalue weighted by Gasteiger charge is 2.13. The molecule has 0 radical (unpaired) electrons. The molecule has 0 saturated heterocycles. The molecule has 0 aromatic heterocycles. The Hall–Kier alpha value is -1.51. The van der Waals surface area contributed by atoms with Crippen LogP contribution in [0.15, 0.2) is 24.3 Å². The number of para-hydroxylation sites is 1. The van der Waals surface area contributed by atoms with Crippen LogP contribution in [0.3, 0.4) is 0 Å². The molecule has 2 N–H and O–H groups in total. The molecular weight excluding hydrogens is 248 g/mol. The van der Waals surface area contributed by atoms with Crippen molar-refractivity contribution in [2.45, 2.75) is 57.4 Å². The average molecular weight is 274 g/mol. The fourth-order valence-electron chi connectivity index (χ4n) is 2.90. The second-order valence-electron chi connectivity index (χ2n) is 5.69. The van der Waals surface area contributed by atoms with Crippen molar-refractivity contribution in [3.8, 4) is 0 Å². The summed E-state index contributed by atoms with van der Waals surface area (Å²) in [6.45, 7) is 0. The van der Waals surface area contributed by atoms with Crippen LogP contribution in [0.2, 0.25) is 0 Å². The highest BCUT2D eigenvalue weighted by Crippen LogP contribution is 2.23. The Morgan fingerprint density at radius 2 is 1.75 bits per heavy atom. The highest BCUT2D eigenvalue weighted by molar-refractivity contribution is 5.80. The molecule has 3 heteroatoms. The van der Waals surface area contributed by atoms with Crippen molar-refractivity contribution < 1.29 is 4.79 Å². The van der Waals surface area contributed by atoms with Gasteiger partial charge in [0.05, 0.1) is 6.42 Å². The zero-order valence-electron chi connectivity index (χ0n) is 12.5. The second kappa shape index (κ2) is 7.93. The molecule has 0 bridgehead atoms. The lowest BCUT2D eigenvalue weighted by Crippen LogP contribution is -2.23. The van der Waals surface area contributed by atoms with Gasteiger partial charge in [-0.3, -0.25) is 4.79 Å². The van der Waals surface area contributed by atoms with E-state index in [1.807, 2.05) is 18.2 Å². The van der Waals surface area contributed by atoms with Crippen molar-refractivity contribution in [1.82, 2.24) is 5.32 Å². The molecule has 0 unspecified atom stereocenters. The van der Waals surface area contributed by atoms with E-state index in [1.54, 1.807) is 7.05 Å². The molecule has 1 aliphatic carbocycles. The van der Waals surface area contributed by atoms with Crippen LogP contribution in [0.5, 0.6) is 0 Å². The Morgan fingerprint density at radius 3 is 2.45 bits per heavy atom. The Kier molecular flexibility index (Phi) is 5.90. The van der Waals surface area contributed by atoms with Crippen LogP contribution < -0.4 is 10.6 Å². The van der Waals surface area contributed by atoms with Crippen LogP contribution in [0.1, 0.15) is 50.5 Å². The molecule has 110 valence electrons. The van der Waals surface area contributed by atoms with E-state index in [1.165, 1.54) is 44.9 Å². The minimum atomic E-state index is 0.0666. The number of likely N-dealkylation sites (N-methyl/N-ethyl adjacent to an activating group) is 1. The zero-order valence-corrected chi connectivity index (χ0v) is 12.5. The largest absolute Gasteiger partial charge is 0.382 e. The topological polar surface area (TPSA) is 41.1 Å². The van der Waals surface area contributed by atoms with Crippen molar-refractivity contribution in [2.75, 3.05) is 12.4 Å². The average Bonchev–Trinajstić information content (AvgIpc) is 2.43. The number of hydrogen-bond donors (Lipinski definition) is 2. The molecule has 1 aromatic rings. The first-order chi connectivity index (χ1) is 9.79. The molecule has 0 aliphatic heterocycles. The van der Waals surface area contributed by atoms with E-state index in [0.29, 0.717) is 12.5 Å². The summed E-state index contributed by atoms with van der Waals surface area (Å²) in [5.74, 6) is 0.0666. The first-order valence-electron chi connectivity index (χ1n) is 7.84. The molecule has 0 spiro atoms. The predicted molar refractivity (Wildman–Crippen MR) is 83.9 cm³/mol. The molecule has 1 amide bonds. The molecule has 3 nitrogen and oxygen atoms in total. The van der Waals surface area contributed by atoms with Gasteiger partial charge in [0.25, 0.3) is 0 Å². The number of amides is 1. The quantitative estimate of drug-likeness (QED) is 0.882. The normalized spacial score (nSPS) is 17.1. The van der Waals surface area contributed by atoms with Gasteiger partial charge in [0.2, 0.25) is 5.91 Å². The first-order valence-corrected chi connectivity index (χ1v) is 7.84. The number of hydrogen-bond acceptors (Lipinski definition) is 2. The van der Waals surface area contributed by atoms with E-state index in [4.69, 9.17) is 0 Å². The van der Waals surface area contributed by atoms with Gasteiger partial charge in [0.1, 0.15) is 0 Å². The third-order valence-corrected chi connectivity index (χ3v) is 4.11. The molecule has 1 saturated carbocycles. The second-order valence-corrected chi connectivity index (χ2v) is 5.69. The van der Waals surface area contributed by atoms with Crippen molar-refractivity contribution >= 4 is 11.6 Å². The molecule has 1 aliphatic rings. The van der Waals surface area contributed by atoms with Gasteiger partial charge < -0.3 is 10.6 Å². The summed E-state index contributed by atoms with van der Waals surface area (Å²) >= 11 is 0. The van der Waals surface area contributed by atoms with Crippen LogP contribution >= 0.6 is 0 Å². The monoisotopic (exact) mass is 274 g/mol. The molecular formula is C17H26N2O. The van der Waals surface area contributed by atoms with Gasteiger partial charge in [-0.15, -0.1) is 0 Å². The van der Waals surface area contributed by atoms with Crippen LogP contribution in [-0.4, -0.2) is 19.0 Å². The summed E-state index contributed by atoms with van der Waals surface area (Å²) in [4.78, 5) is 11.6. The molecule has 1 fully saturated rings. The Labute approximate surface area is 122 Å². The van der Waals surface area contributed by atoms with Gasteiger partial charge in [0.15, 0.2) is 0 Å². The van der Waals surface area contributed by atoms with E-state index in [9.17, 15) is 4.79 Å². The van der Waals surface area contributed by atoms with Crippen molar-refractivity contribution in [3.05, 3.63) is 29.8 Å². The number of anilines is 1. The van der Waals surface area contributed by atoms with Gasteiger partial charge in [-0.2, -0.15) is 0 Å². The third kappa shape index (κ3) is 4.55. The minimum Gasteiger partial charge on any atom is -0.382 e. The van der Waals surface area contributed by atoms with Gasteiger partial charge in [-0.1, -0.05) is 50.3 Å². The SMILES string of the molecule is CNC(=O)Cc1ccccc1NC1CCCCCCC1. The van der Waals surface area contributed by atoms with Crippen molar-refractivity contribution in [2.24, 2.45) is 0 Å². The fraction of sp³-hybridized carbons (Fsp3) is 0.588. The summed E-state index contributed by atoms with van der Waals surface area (Å²) in [6.07, 6.45) is 9.68. The van der Waals surface area contributed by atoms with E-state index in [0.717, 1.165) is 11.3 Å². The molecule has 0 atom stereocenters. The fourth-order valence-corrected chi connectivity index (χ4v) is 2.90. The Bertz CT molecular complexity index is 423. The number of benzene rings is 1. The number of carbonyl (C=O) groups excluding carboxylic acids is 1. The number of nitrogens with one attached hydrogen (secondary N) is 2. The lowest BCUT2D eigenvalue weighted by molar-refractivity contribution is -0.119. The summed E-state index contributed by atoms with van der Waals surface area (Å²) in [7, 11) is 1.69. The maximum Gasteiger partial charge on any atom is 0.224 e. The zero-order chi connectivity index (χ0) is 14.2. The van der Waals surface area contributed by atoms with Crippen LogP contribution in [-0.2, 0) is 11.2 Å². The van der Waals surface area contributed by atoms with E-state index in [2.05, 4.69) is 16.7 Å². The Morgan fingerprint density at radius 1 is 1.10 bits per heavy atom. The summed E-state index contributed by atoms with van der Waals surface area (Å²) in [5, 5.41) is 6.36. The van der Waals surface area contributed by atoms with Gasteiger partial charge in [0, 0.05) is 18.8 Å². The molecule has 2 rings (SSSR count). The number of rotatable bonds is 4. The summed E-state index contributed by atoms with van der Waals surface area (Å²) in [5.41, 5.74) is 2.22. The maximum absolute atomic E-state index is 11.6. The van der Waals surface area contributed by atoms with Crippen LogP contribution in [0, 0.1) is 0 Å². The van der Waals surface area contributed by atoms with E-state index in [-0.39, 0.29) is 5.91 Å². The van der Waals surface area contributed by atoms with Gasteiger partial charge in [-0.25, -0.2) is 0 Å². The van der Waals surface area contributed by atoms with Crippen molar-refractivity contribution in [3.63, 3.8) is 0 Å². The maximum atomic E-state index is 11.6. The van der Waals surface area contributed by atoms with E-state index < -0.39 is 0 Å². The van der Waals surface area contributed by atoms with Crippen molar-refractivity contribution in [1.29, 1.82) is 0 Å². The van der Waals surface area contributed by atoms with Gasteiger partial charge >= 0.3 is 0 Å². The number of carbonyl (C=O) groups is 1. The smallest absolute Gasteiger partial charge is 0.224 e. The summed E-state index contributed by atoms with van der Waals surface area (Å²) < 4.78 is 0. The van der Waals surface area contributed by atoms with Crippen LogP contribution in [0.25, 0.3) is 0 Å². The molecule has 0 heterocycles. The molecule has 1 aromatic carbocycles. The Balaban J connectivity index is 2.01. The van der Waals surface area contributed by atoms with Crippen LogP contribution in [0.4, 0.5) is 5.69 Å². The van der Waals surface area contributed by atoms with E-state index >= 15 is 0 Å². The lowest BCUT2D eigenvalue weighted by Gasteiger charge is -2.23. The highest BCUT2D eigenvalue weighted by atomic mass is 16.1. The molecule has 20 heavy (non-hydrogen) atoms. The predicted octanol–water partition coefficient (Wildman–Crippen LogP) is 3.50. The minimum absolute atomic E-state index is 0.0666. The third-order valence-electron chi connectivity index (χ3n) is 4.11. The van der Waals surface area contributed by atoms with Gasteiger partial charge in [-0.05, 0) is 24.5 Å². The standard InChI is InChI=1S/C17H26N2O/c1-18-17(20)13-14-9-7-8-12-16(14)19-15-10-5-3-2-4-6-11-15/h7-9,12,15,19H,2-6,10-11,13H2,1H3,(H,18,20).